The number of esters is 1. The van der Waals surface area contributed by atoms with Crippen LogP contribution in [-0.2, 0) is 9.53 Å². The lowest BCUT2D eigenvalue weighted by Crippen LogP contribution is -2.23. The largest absolute Gasteiger partial charge is 0.425 e. The van der Waals surface area contributed by atoms with Gasteiger partial charge in [0.2, 0.25) is 0 Å². The van der Waals surface area contributed by atoms with Crippen LogP contribution in [0.2, 0.25) is 0 Å². The van der Waals surface area contributed by atoms with E-state index in [1.807, 2.05) is 30.3 Å². The van der Waals surface area contributed by atoms with Crippen LogP contribution < -0.4 is 5.32 Å². The van der Waals surface area contributed by atoms with E-state index in [1.54, 1.807) is 20.8 Å². The standard InChI is InChI=1S/C15H19NO2/c1-11(16-13-9-7-6-8-10-13)12(2)18-14(17)15(3,4)5/h6-10,16H,1-2H2,3-5H3. The number of anilines is 1. The summed E-state index contributed by atoms with van der Waals surface area (Å²) in [7, 11) is 0. The monoisotopic (exact) mass is 245 g/mol. The Balaban J connectivity index is 2.58. The highest BCUT2D eigenvalue weighted by molar-refractivity contribution is 5.77. The minimum absolute atomic E-state index is 0.235. The van der Waals surface area contributed by atoms with Gasteiger partial charge < -0.3 is 10.1 Å². The molecule has 3 nitrogen and oxygen atoms in total. The molecule has 0 heterocycles. The number of carbonyl (C=O) groups is 1. The van der Waals surface area contributed by atoms with Crippen LogP contribution in [0.3, 0.4) is 0 Å². The number of para-hydroxylation sites is 1. The van der Waals surface area contributed by atoms with Crippen molar-refractivity contribution in [1.82, 2.24) is 0 Å². The van der Waals surface area contributed by atoms with Gasteiger partial charge in [-0.05, 0) is 32.9 Å². The minimum Gasteiger partial charge on any atom is -0.425 e. The second-order valence-electron chi connectivity index (χ2n) is 5.03. The summed E-state index contributed by atoms with van der Waals surface area (Å²) in [5, 5.41) is 3.03. The van der Waals surface area contributed by atoms with Crippen molar-refractivity contribution < 1.29 is 9.53 Å². The Bertz CT molecular complexity index is 455. The lowest BCUT2D eigenvalue weighted by Gasteiger charge is -2.19. The second-order valence-corrected chi connectivity index (χ2v) is 5.03. The van der Waals surface area contributed by atoms with Crippen LogP contribution in [0, 0.1) is 5.41 Å². The number of ether oxygens (including phenoxy) is 1. The van der Waals surface area contributed by atoms with Crippen molar-refractivity contribution in [2.75, 3.05) is 5.32 Å². The van der Waals surface area contributed by atoms with E-state index in [-0.39, 0.29) is 11.7 Å². The molecular weight excluding hydrogens is 226 g/mol. The van der Waals surface area contributed by atoms with Crippen LogP contribution in [0.1, 0.15) is 20.8 Å². The molecule has 0 saturated heterocycles. The van der Waals surface area contributed by atoms with E-state index in [9.17, 15) is 4.79 Å². The van der Waals surface area contributed by atoms with E-state index in [0.29, 0.717) is 5.70 Å². The molecule has 0 unspecified atom stereocenters. The Kier molecular flexibility index (Phi) is 4.32. The van der Waals surface area contributed by atoms with Crippen molar-refractivity contribution in [3.8, 4) is 0 Å². The summed E-state index contributed by atoms with van der Waals surface area (Å²) in [6, 6.07) is 9.51. The average Bonchev–Trinajstić information content (AvgIpc) is 2.28. The van der Waals surface area contributed by atoms with Crippen molar-refractivity contribution in [3.63, 3.8) is 0 Å². The zero-order valence-electron chi connectivity index (χ0n) is 11.1. The summed E-state index contributed by atoms with van der Waals surface area (Å²) in [6.07, 6.45) is 0. The van der Waals surface area contributed by atoms with Gasteiger partial charge in [0.25, 0.3) is 0 Å². The second kappa shape index (κ2) is 5.54. The maximum absolute atomic E-state index is 11.7. The number of carbonyl (C=O) groups excluding carboxylic acids is 1. The zero-order chi connectivity index (χ0) is 13.8. The molecular formula is C15H19NO2. The van der Waals surface area contributed by atoms with Gasteiger partial charge in [0.05, 0.1) is 11.1 Å². The Morgan fingerprint density at radius 1 is 1.17 bits per heavy atom. The predicted molar refractivity (Wildman–Crippen MR) is 73.9 cm³/mol. The van der Waals surface area contributed by atoms with Crippen LogP contribution in [0.4, 0.5) is 5.69 Å². The highest BCUT2D eigenvalue weighted by Gasteiger charge is 2.24. The van der Waals surface area contributed by atoms with Crippen LogP contribution in [-0.4, -0.2) is 5.97 Å². The maximum atomic E-state index is 11.7. The fourth-order valence-corrected chi connectivity index (χ4v) is 1.09. The number of hydrogen-bond acceptors (Lipinski definition) is 3. The Morgan fingerprint density at radius 3 is 2.22 bits per heavy atom. The third kappa shape index (κ3) is 4.09. The normalized spacial score (nSPS) is 10.6. The number of nitrogens with one attached hydrogen (secondary N) is 1. The Labute approximate surface area is 108 Å². The van der Waals surface area contributed by atoms with Gasteiger partial charge in [-0.25, -0.2) is 0 Å². The SMILES string of the molecule is C=C(Nc1ccccc1)C(=C)OC(=O)C(C)(C)C. The fourth-order valence-electron chi connectivity index (χ4n) is 1.09. The molecule has 0 bridgehead atoms. The Hall–Kier alpha value is -2.03. The van der Waals surface area contributed by atoms with Crippen LogP contribution in [0.25, 0.3) is 0 Å². The van der Waals surface area contributed by atoms with Crippen molar-refractivity contribution in [3.05, 3.63) is 54.9 Å². The predicted octanol–water partition coefficient (Wildman–Crippen LogP) is 3.72. The van der Waals surface area contributed by atoms with Gasteiger partial charge in [-0.3, -0.25) is 4.79 Å². The van der Waals surface area contributed by atoms with Gasteiger partial charge in [0, 0.05) is 5.69 Å². The highest BCUT2D eigenvalue weighted by atomic mass is 16.5. The molecule has 1 N–H and O–H groups in total. The first-order chi connectivity index (χ1) is 8.30. The molecule has 3 heteroatoms. The minimum atomic E-state index is -0.560. The molecule has 0 saturated carbocycles. The molecule has 96 valence electrons. The summed E-state index contributed by atoms with van der Waals surface area (Å²) < 4.78 is 5.15. The van der Waals surface area contributed by atoms with Crippen LogP contribution in [0.5, 0.6) is 0 Å². The molecule has 0 radical (unpaired) electrons. The third-order valence-corrected chi connectivity index (χ3v) is 2.23. The van der Waals surface area contributed by atoms with Gasteiger partial charge in [0.1, 0.15) is 5.76 Å². The zero-order valence-corrected chi connectivity index (χ0v) is 11.1. The summed E-state index contributed by atoms with van der Waals surface area (Å²) >= 11 is 0. The summed E-state index contributed by atoms with van der Waals surface area (Å²) in [6.45, 7) is 12.9. The first-order valence-electron chi connectivity index (χ1n) is 5.73. The number of hydrogen-bond donors (Lipinski definition) is 1. The van der Waals surface area contributed by atoms with Gasteiger partial charge in [-0.15, -0.1) is 0 Å². The fraction of sp³-hybridized carbons (Fsp3) is 0.267. The molecule has 1 aromatic rings. The average molecular weight is 245 g/mol. The molecule has 0 amide bonds. The van der Waals surface area contributed by atoms with E-state index in [0.717, 1.165) is 5.69 Å². The molecule has 0 aliphatic heterocycles. The quantitative estimate of drug-likeness (QED) is 0.499. The van der Waals surface area contributed by atoms with Gasteiger partial charge in [0.15, 0.2) is 0 Å². The molecule has 0 aromatic heterocycles. The number of rotatable bonds is 4. The molecule has 0 aliphatic carbocycles. The molecule has 1 aromatic carbocycles. The lowest BCUT2D eigenvalue weighted by molar-refractivity contribution is -0.148. The van der Waals surface area contributed by atoms with Gasteiger partial charge in [-0.2, -0.15) is 0 Å². The molecule has 18 heavy (non-hydrogen) atoms. The first-order valence-corrected chi connectivity index (χ1v) is 5.73. The Morgan fingerprint density at radius 2 is 1.72 bits per heavy atom. The molecule has 0 aliphatic rings. The summed E-state index contributed by atoms with van der Waals surface area (Å²) in [4.78, 5) is 11.7. The van der Waals surface area contributed by atoms with Crippen molar-refractivity contribution in [2.45, 2.75) is 20.8 Å². The van der Waals surface area contributed by atoms with E-state index in [2.05, 4.69) is 18.5 Å². The first kappa shape index (κ1) is 14.0. The van der Waals surface area contributed by atoms with Crippen molar-refractivity contribution in [2.24, 2.45) is 5.41 Å². The van der Waals surface area contributed by atoms with E-state index < -0.39 is 5.41 Å². The molecule has 0 atom stereocenters. The summed E-state index contributed by atoms with van der Waals surface area (Å²) in [5.41, 5.74) is 0.782. The van der Waals surface area contributed by atoms with Crippen molar-refractivity contribution in [1.29, 1.82) is 0 Å². The maximum Gasteiger partial charge on any atom is 0.316 e. The lowest BCUT2D eigenvalue weighted by atomic mass is 9.97. The van der Waals surface area contributed by atoms with E-state index >= 15 is 0 Å². The van der Waals surface area contributed by atoms with Gasteiger partial charge >= 0.3 is 5.97 Å². The number of benzene rings is 1. The van der Waals surface area contributed by atoms with Crippen molar-refractivity contribution >= 4 is 11.7 Å². The highest BCUT2D eigenvalue weighted by Crippen LogP contribution is 2.20. The smallest absolute Gasteiger partial charge is 0.316 e. The topological polar surface area (TPSA) is 38.3 Å². The van der Waals surface area contributed by atoms with Crippen LogP contribution >= 0.6 is 0 Å². The third-order valence-electron chi connectivity index (χ3n) is 2.23. The summed E-state index contributed by atoms with van der Waals surface area (Å²) in [5.74, 6) is -0.0951. The van der Waals surface area contributed by atoms with E-state index in [1.165, 1.54) is 0 Å². The molecule has 0 fully saturated rings. The molecule has 0 spiro atoms. The molecule has 1 rings (SSSR count). The van der Waals surface area contributed by atoms with E-state index in [4.69, 9.17) is 4.74 Å². The van der Waals surface area contributed by atoms with Gasteiger partial charge in [-0.1, -0.05) is 31.4 Å². The van der Waals surface area contributed by atoms with Crippen LogP contribution in [0.15, 0.2) is 54.9 Å².